The van der Waals surface area contributed by atoms with Crippen molar-refractivity contribution in [2.45, 2.75) is 0 Å². The van der Waals surface area contributed by atoms with Gasteiger partial charge in [0, 0.05) is 16.0 Å². The van der Waals surface area contributed by atoms with Crippen LogP contribution in [0, 0.1) is 0 Å². The number of halogens is 1. The second kappa shape index (κ2) is 7.63. The van der Waals surface area contributed by atoms with E-state index >= 15 is 0 Å². The minimum Gasteiger partial charge on any atom is -0.463 e. The van der Waals surface area contributed by atoms with Crippen molar-refractivity contribution in [1.29, 1.82) is 0 Å². The largest absolute Gasteiger partial charge is 0.463 e. The fourth-order valence-corrected chi connectivity index (χ4v) is 3.58. The third-order valence-corrected chi connectivity index (χ3v) is 4.81. The smallest absolute Gasteiger partial charge is 0.211 e. The molecule has 0 spiro atoms. The standard InChI is InChI=1S/C19H13BrN4OS/c20-15-5-1-4-14(10-15)11-22-24-17(18-7-3-9-25-18)13-26-19(24)23-16-6-2-8-21-12-16/h1-13H. The van der Waals surface area contributed by atoms with Crippen LogP contribution in [0.15, 0.2) is 91.6 Å². The van der Waals surface area contributed by atoms with Gasteiger partial charge in [0.05, 0.1) is 24.4 Å². The fraction of sp³-hybridized carbons (Fsp3) is 0. The molecule has 0 aliphatic carbocycles. The highest BCUT2D eigenvalue weighted by molar-refractivity contribution is 9.10. The van der Waals surface area contributed by atoms with E-state index in [9.17, 15) is 0 Å². The van der Waals surface area contributed by atoms with Gasteiger partial charge in [0.1, 0.15) is 5.69 Å². The third kappa shape index (κ3) is 3.74. The van der Waals surface area contributed by atoms with E-state index < -0.39 is 0 Å². The zero-order valence-electron chi connectivity index (χ0n) is 13.5. The number of thiazole rings is 1. The van der Waals surface area contributed by atoms with Gasteiger partial charge in [-0.15, -0.1) is 11.3 Å². The molecule has 0 atom stereocenters. The molecule has 0 saturated carbocycles. The van der Waals surface area contributed by atoms with Crippen molar-refractivity contribution in [3.63, 3.8) is 0 Å². The number of nitrogens with zero attached hydrogens (tertiary/aromatic N) is 4. The lowest BCUT2D eigenvalue weighted by atomic mass is 10.2. The maximum atomic E-state index is 5.55. The van der Waals surface area contributed by atoms with Crippen LogP contribution >= 0.6 is 27.3 Å². The van der Waals surface area contributed by atoms with Crippen LogP contribution in [-0.2, 0) is 0 Å². The lowest BCUT2D eigenvalue weighted by molar-refractivity contribution is 0.575. The minimum absolute atomic E-state index is 0.732. The Morgan fingerprint density at radius 3 is 2.88 bits per heavy atom. The zero-order chi connectivity index (χ0) is 17.8. The highest BCUT2D eigenvalue weighted by Crippen LogP contribution is 2.21. The van der Waals surface area contributed by atoms with Crippen molar-refractivity contribution >= 4 is 39.2 Å². The average molecular weight is 425 g/mol. The normalized spacial score (nSPS) is 12.1. The number of benzene rings is 1. The Kier molecular flexibility index (Phi) is 4.90. The van der Waals surface area contributed by atoms with Crippen molar-refractivity contribution in [2.24, 2.45) is 10.1 Å². The Morgan fingerprint density at radius 1 is 1.15 bits per heavy atom. The van der Waals surface area contributed by atoms with Crippen LogP contribution < -0.4 is 4.80 Å². The summed E-state index contributed by atoms with van der Waals surface area (Å²) in [5.74, 6) is 0.736. The summed E-state index contributed by atoms with van der Waals surface area (Å²) in [5.41, 5.74) is 2.59. The molecule has 4 rings (SSSR count). The average Bonchev–Trinajstić information content (AvgIpc) is 3.31. The second-order valence-electron chi connectivity index (χ2n) is 5.32. The van der Waals surface area contributed by atoms with E-state index in [-0.39, 0.29) is 0 Å². The molecule has 0 N–H and O–H groups in total. The molecule has 128 valence electrons. The van der Waals surface area contributed by atoms with Gasteiger partial charge in [-0.2, -0.15) is 5.10 Å². The molecular formula is C19H13BrN4OS. The van der Waals surface area contributed by atoms with Gasteiger partial charge in [0.15, 0.2) is 5.76 Å². The molecular weight excluding hydrogens is 412 g/mol. The maximum Gasteiger partial charge on any atom is 0.211 e. The highest BCUT2D eigenvalue weighted by atomic mass is 79.9. The molecule has 0 aliphatic rings. The monoisotopic (exact) mass is 424 g/mol. The lowest BCUT2D eigenvalue weighted by Crippen LogP contribution is -2.11. The topological polar surface area (TPSA) is 55.7 Å². The molecule has 0 amide bonds. The van der Waals surface area contributed by atoms with Crippen LogP contribution in [0.1, 0.15) is 5.56 Å². The van der Waals surface area contributed by atoms with Crippen molar-refractivity contribution < 1.29 is 4.42 Å². The van der Waals surface area contributed by atoms with E-state index in [0.29, 0.717) is 0 Å². The number of furan rings is 1. The summed E-state index contributed by atoms with van der Waals surface area (Å²) >= 11 is 4.97. The van der Waals surface area contributed by atoms with E-state index in [1.54, 1.807) is 29.5 Å². The molecule has 26 heavy (non-hydrogen) atoms. The van der Waals surface area contributed by atoms with Crippen LogP contribution in [0.25, 0.3) is 11.5 Å². The summed E-state index contributed by atoms with van der Waals surface area (Å²) in [6, 6.07) is 15.5. The Hall–Kier alpha value is -2.77. The van der Waals surface area contributed by atoms with Gasteiger partial charge in [-0.05, 0) is 42.0 Å². The Balaban J connectivity index is 1.82. The Labute approximate surface area is 162 Å². The van der Waals surface area contributed by atoms with Crippen LogP contribution in [0.5, 0.6) is 0 Å². The fourth-order valence-electron chi connectivity index (χ4n) is 2.33. The van der Waals surface area contributed by atoms with Gasteiger partial charge in [-0.3, -0.25) is 4.98 Å². The molecule has 0 unspecified atom stereocenters. The Bertz CT molecular complexity index is 1100. The van der Waals surface area contributed by atoms with Crippen LogP contribution in [0.3, 0.4) is 0 Å². The van der Waals surface area contributed by atoms with Crippen molar-refractivity contribution in [1.82, 2.24) is 9.66 Å². The molecule has 5 nitrogen and oxygen atoms in total. The molecule has 0 aliphatic heterocycles. The summed E-state index contributed by atoms with van der Waals surface area (Å²) in [6.07, 6.45) is 6.88. The van der Waals surface area contributed by atoms with Gasteiger partial charge in [0.25, 0.3) is 0 Å². The predicted molar refractivity (Wildman–Crippen MR) is 107 cm³/mol. The van der Waals surface area contributed by atoms with Gasteiger partial charge in [-0.1, -0.05) is 28.1 Å². The Morgan fingerprint density at radius 2 is 2.12 bits per heavy atom. The number of rotatable bonds is 4. The molecule has 7 heteroatoms. The number of hydrogen-bond donors (Lipinski definition) is 0. The molecule has 0 bridgehead atoms. The first kappa shape index (κ1) is 16.7. The molecule has 0 fully saturated rings. The zero-order valence-corrected chi connectivity index (χ0v) is 15.9. The molecule has 0 radical (unpaired) electrons. The van der Waals surface area contributed by atoms with E-state index in [1.165, 1.54) is 11.3 Å². The molecule has 3 heterocycles. The third-order valence-electron chi connectivity index (χ3n) is 3.50. The first-order valence-corrected chi connectivity index (χ1v) is 9.46. The van der Waals surface area contributed by atoms with E-state index in [1.807, 2.05) is 53.9 Å². The minimum atomic E-state index is 0.732. The number of pyridine rings is 1. The molecule has 4 aromatic rings. The quantitative estimate of drug-likeness (QED) is 0.428. The first-order chi connectivity index (χ1) is 12.8. The number of hydrogen-bond acceptors (Lipinski definition) is 5. The van der Waals surface area contributed by atoms with Crippen LogP contribution in [0.4, 0.5) is 5.69 Å². The van der Waals surface area contributed by atoms with E-state index in [4.69, 9.17) is 4.42 Å². The lowest BCUT2D eigenvalue weighted by Gasteiger charge is -2.01. The van der Waals surface area contributed by atoms with Crippen LogP contribution in [-0.4, -0.2) is 15.9 Å². The summed E-state index contributed by atoms with van der Waals surface area (Å²) in [5, 5.41) is 6.62. The second-order valence-corrected chi connectivity index (χ2v) is 7.07. The van der Waals surface area contributed by atoms with Gasteiger partial charge >= 0.3 is 0 Å². The van der Waals surface area contributed by atoms with Crippen molar-refractivity contribution in [2.75, 3.05) is 0 Å². The first-order valence-electron chi connectivity index (χ1n) is 7.79. The van der Waals surface area contributed by atoms with Crippen LogP contribution in [0.2, 0.25) is 0 Å². The SMILES string of the molecule is Brc1cccc(C=Nn2c(-c3ccco3)csc2=Nc2cccnc2)c1. The van der Waals surface area contributed by atoms with Gasteiger partial charge in [0.2, 0.25) is 4.80 Å². The summed E-state index contributed by atoms with van der Waals surface area (Å²) in [6.45, 7) is 0. The van der Waals surface area contributed by atoms with Gasteiger partial charge < -0.3 is 4.42 Å². The summed E-state index contributed by atoms with van der Waals surface area (Å²) in [4.78, 5) is 9.50. The molecule has 1 aromatic carbocycles. The highest BCUT2D eigenvalue weighted by Gasteiger charge is 2.10. The number of aromatic nitrogens is 2. The van der Waals surface area contributed by atoms with Gasteiger partial charge in [-0.25, -0.2) is 9.67 Å². The maximum absolute atomic E-state index is 5.55. The van der Waals surface area contributed by atoms with Crippen molar-refractivity contribution in [3.05, 3.63) is 87.4 Å². The van der Waals surface area contributed by atoms with E-state index in [2.05, 4.69) is 31.0 Å². The molecule has 0 saturated heterocycles. The summed E-state index contributed by atoms with van der Waals surface area (Å²) < 4.78 is 8.32. The van der Waals surface area contributed by atoms with Crippen molar-refractivity contribution in [3.8, 4) is 11.5 Å². The molecule has 3 aromatic heterocycles. The summed E-state index contributed by atoms with van der Waals surface area (Å²) in [7, 11) is 0. The van der Waals surface area contributed by atoms with E-state index in [0.717, 1.165) is 32.0 Å². The predicted octanol–water partition coefficient (Wildman–Crippen LogP) is 5.08.